The first-order valence-electron chi connectivity index (χ1n) is 13.0. The number of amides is 2. The molecule has 2 amide bonds. The van der Waals surface area contributed by atoms with Crippen molar-refractivity contribution in [1.82, 2.24) is 9.80 Å². The third-order valence-electron chi connectivity index (χ3n) is 7.32. The highest BCUT2D eigenvalue weighted by Crippen LogP contribution is 2.31. The number of likely N-dealkylation sites (N-methyl/N-ethyl adjacent to an activating group) is 1. The van der Waals surface area contributed by atoms with Crippen molar-refractivity contribution in [3.05, 3.63) is 59.7 Å². The molecule has 1 heterocycles. The summed E-state index contributed by atoms with van der Waals surface area (Å²) in [7, 11) is 3.51. The molecule has 3 atom stereocenters. The van der Waals surface area contributed by atoms with Crippen LogP contribution >= 0.6 is 0 Å². The van der Waals surface area contributed by atoms with E-state index in [4.69, 9.17) is 9.47 Å². The summed E-state index contributed by atoms with van der Waals surface area (Å²) in [5.74, 6) is 0.712. The van der Waals surface area contributed by atoms with E-state index in [1.165, 1.54) is 5.56 Å². The Balaban J connectivity index is 1.57. The van der Waals surface area contributed by atoms with Crippen molar-refractivity contribution in [2.45, 2.75) is 45.3 Å². The first-order chi connectivity index (χ1) is 17.4. The molecule has 2 aromatic rings. The average molecular weight is 494 g/mol. The summed E-state index contributed by atoms with van der Waals surface area (Å²) in [5.41, 5.74) is 2.39. The number of nitrogens with one attached hydrogen (secondary N) is 1. The number of fused-ring (bicyclic) bond motifs is 1. The van der Waals surface area contributed by atoms with E-state index in [2.05, 4.69) is 48.3 Å². The minimum Gasteiger partial charge on any atom is -0.491 e. The molecule has 4 rings (SSSR count). The number of carbonyl (C=O) groups excluding carboxylic acids is 2. The van der Waals surface area contributed by atoms with Crippen molar-refractivity contribution in [3.8, 4) is 5.75 Å². The summed E-state index contributed by atoms with van der Waals surface area (Å²) < 4.78 is 12.1. The van der Waals surface area contributed by atoms with Gasteiger partial charge in [-0.1, -0.05) is 37.3 Å². The lowest BCUT2D eigenvalue weighted by atomic mass is 10.0. The maximum Gasteiger partial charge on any atom is 0.257 e. The molecular weight excluding hydrogens is 454 g/mol. The van der Waals surface area contributed by atoms with Gasteiger partial charge in [0, 0.05) is 51.4 Å². The summed E-state index contributed by atoms with van der Waals surface area (Å²) >= 11 is 0. The van der Waals surface area contributed by atoms with E-state index in [0.717, 1.165) is 32.4 Å². The maximum atomic E-state index is 13.5. The van der Waals surface area contributed by atoms with Crippen LogP contribution in [-0.4, -0.2) is 74.2 Å². The Labute approximate surface area is 214 Å². The molecule has 0 aromatic heterocycles. The lowest BCUT2D eigenvalue weighted by molar-refractivity contribution is -0.117. The monoisotopic (exact) mass is 493 g/mol. The lowest BCUT2D eigenvalue weighted by Gasteiger charge is -2.36. The first-order valence-corrected chi connectivity index (χ1v) is 13.0. The third-order valence-corrected chi connectivity index (χ3v) is 7.32. The summed E-state index contributed by atoms with van der Waals surface area (Å²) in [5, 5.41) is 2.95. The second-order valence-electron chi connectivity index (χ2n) is 10.3. The molecule has 0 saturated heterocycles. The van der Waals surface area contributed by atoms with E-state index < -0.39 is 0 Å². The van der Waals surface area contributed by atoms with Crippen molar-refractivity contribution in [3.63, 3.8) is 0 Å². The fourth-order valence-corrected chi connectivity index (χ4v) is 4.75. The van der Waals surface area contributed by atoms with Crippen LogP contribution in [0.2, 0.25) is 0 Å². The van der Waals surface area contributed by atoms with Crippen molar-refractivity contribution < 1.29 is 19.1 Å². The minimum absolute atomic E-state index is 0.0146. The lowest BCUT2D eigenvalue weighted by Crippen LogP contribution is -2.47. The molecule has 0 bridgehead atoms. The molecule has 0 spiro atoms. The van der Waals surface area contributed by atoms with Crippen molar-refractivity contribution in [2.75, 3.05) is 45.7 Å². The number of nitrogens with zero attached hydrogens (tertiary/aromatic N) is 2. The van der Waals surface area contributed by atoms with Gasteiger partial charge in [-0.2, -0.15) is 0 Å². The fraction of sp³-hybridized carbons (Fsp3) is 0.517. The normalized spacial score (nSPS) is 23.7. The fourth-order valence-electron chi connectivity index (χ4n) is 4.75. The maximum absolute atomic E-state index is 13.5. The zero-order valence-electron chi connectivity index (χ0n) is 21.9. The van der Waals surface area contributed by atoms with Crippen LogP contribution in [0.4, 0.5) is 5.69 Å². The molecule has 1 aliphatic heterocycles. The molecule has 7 heteroatoms. The van der Waals surface area contributed by atoms with Crippen LogP contribution in [0.3, 0.4) is 0 Å². The van der Waals surface area contributed by atoms with Crippen LogP contribution in [0.1, 0.15) is 42.6 Å². The molecule has 1 aliphatic carbocycles. The average Bonchev–Trinajstić information content (AvgIpc) is 3.74. The Bertz CT molecular complexity index is 1040. The second-order valence-corrected chi connectivity index (χ2v) is 10.3. The number of hydrogen-bond acceptors (Lipinski definition) is 5. The van der Waals surface area contributed by atoms with Gasteiger partial charge in [-0.25, -0.2) is 0 Å². The standard InChI is InChI=1S/C29H39N3O4/c1-20-17-32(15-14-22-8-6-5-7-9-22)21(2)19-36-26-13-12-24(30-28(33)23-10-11-23)16-25(26)29(34)31(3)18-27(20)35-4/h5-9,12-13,16,20-21,23,27H,10-11,14-15,17-19H2,1-4H3,(H,30,33)/t20-,21+,27+/m1/s1. The van der Waals surface area contributed by atoms with Crippen LogP contribution in [0.25, 0.3) is 0 Å². The van der Waals surface area contributed by atoms with E-state index in [0.29, 0.717) is 30.2 Å². The number of carbonyl (C=O) groups is 2. The van der Waals surface area contributed by atoms with Gasteiger partial charge >= 0.3 is 0 Å². The number of ether oxygens (including phenoxy) is 2. The molecule has 0 radical (unpaired) electrons. The zero-order chi connectivity index (χ0) is 25.7. The second kappa shape index (κ2) is 11.9. The Morgan fingerprint density at radius 3 is 2.56 bits per heavy atom. The molecule has 194 valence electrons. The zero-order valence-corrected chi connectivity index (χ0v) is 21.9. The predicted octanol–water partition coefficient (Wildman–Crippen LogP) is 4.08. The highest BCUT2D eigenvalue weighted by molar-refractivity contribution is 6.00. The highest BCUT2D eigenvalue weighted by atomic mass is 16.5. The number of hydrogen-bond donors (Lipinski definition) is 1. The number of rotatable bonds is 6. The Morgan fingerprint density at radius 2 is 1.86 bits per heavy atom. The van der Waals surface area contributed by atoms with E-state index in [1.54, 1.807) is 31.2 Å². The van der Waals surface area contributed by atoms with E-state index in [9.17, 15) is 9.59 Å². The van der Waals surface area contributed by atoms with Gasteiger partial charge in [-0.3, -0.25) is 14.5 Å². The Kier molecular flexibility index (Phi) is 8.64. The number of methoxy groups -OCH3 is 1. The summed E-state index contributed by atoms with van der Waals surface area (Å²) in [4.78, 5) is 29.9. The van der Waals surface area contributed by atoms with Gasteiger partial charge in [-0.15, -0.1) is 0 Å². The Morgan fingerprint density at radius 1 is 1.11 bits per heavy atom. The topological polar surface area (TPSA) is 71.1 Å². The molecule has 1 fully saturated rings. The summed E-state index contributed by atoms with van der Waals surface area (Å²) in [6, 6.07) is 16.0. The van der Waals surface area contributed by atoms with Crippen molar-refractivity contribution in [2.24, 2.45) is 11.8 Å². The molecule has 0 unspecified atom stereocenters. The van der Waals surface area contributed by atoms with Gasteiger partial charge in [-0.05, 0) is 55.9 Å². The van der Waals surface area contributed by atoms with Crippen LogP contribution in [0.5, 0.6) is 5.75 Å². The van der Waals surface area contributed by atoms with Gasteiger partial charge in [0.15, 0.2) is 0 Å². The molecular formula is C29H39N3O4. The van der Waals surface area contributed by atoms with Gasteiger partial charge in [0.05, 0.1) is 11.7 Å². The van der Waals surface area contributed by atoms with Gasteiger partial charge in [0.1, 0.15) is 12.4 Å². The van der Waals surface area contributed by atoms with Crippen LogP contribution < -0.4 is 10.1 Å². The summed E-state index contributed by atoms with van der Waals surface area (Å²) in [6.07, 6.45) is 2.70. The molecule has 36 heavy (non-hydrogen) atoms. The molecule has 7 nitrogen and oxygen atoms in total. The quantitative estimate of drug-likeness (QED) is 0.657. The van der Waals surface area contributed by atoms with E-state index in [1.807, 2.05) is 12.1 Å². The number of benzene rings is 2. The molecule has 1 N–H and O–H groups in total. The van der Waals surface area contributed by atoms with Gasteiger partial charge < -0.3 is 19.7 Å². The Hall–Kier alpha value is -2.90. The molecule has 2 aliphatic rings. The van der Waals surface area contributed by atoms with Crippen molar-refractivity contribution in [1.29, 1.82) is 0 Å². The predicted molar refractivity (Wildman–Crippen MR) is 141 cm³/mol. The number of anilines is 1. The first kappa shape index (κ1) is 26.2. The molecule has 1 saturated carbocycles. The van der Waals surface area contributed by atoms with Crippen LogP contribution in [-0.2, 0) is 16.0 Å². The highest BCUT2D eigenvalue weighted by Gasteiger charge is 2.31. The van der Waals surface area contributed by atoms with Gasteiger partial charge in [0.25, 0.3) is 5.91 Å². The minimum atomic E-state index is -0.143. The van der Waals surface area contributed by atoms with E-state index >= 15 is 0 Å². The SMILES string of the molecule is CO[C@H]1CN(C)C(=O)c2cc(NC(=O)C3CC3)ccc2OC[C@H](C)N(CCc2ccccc2)C[C@H]1C. The van der Waals surface area contributed by atoms with Crippen LogP contribution in [0.15, 0.2) is 48.5 Å². The van der Waals surface area contributed by atoms with E-state index in [-0.39, 0.29) is 35.8 Å². The smallest absolute Gasteiger partial charge is 0.257 e. The summed E-state index contributed by atoms with van der Waals surface area (Å²) in [6.45, 7) is 7.02. The third kappa shape index (κ3) is 6.65. The van der Waals surface area contributed by atoms with Gasteiger partial charge in [0.2, 0.25) is 5.91 Å². The largest absolute Gasteiger partial charge is 0.491 e. The van der Waals surface area contributed by atoms with Crippen LogP contribution in [0, 0.1) is 11.8 Å². The molecule has 2 aromatic carbocycles. The van der Waals surface area contributed by atoms with Crippen molar-refractivity contribution >= 4 is 17.5 Å².